The third kappa shape index (κ3) is 3.93. The minimum absolute atomic E-state index is 0.0852. The summed E-state index contributed by atoms with van der Waals surface area (Å²) < 4.78 is 11.6. The van der Waals surface area contributed by atoms with Crippen molar-refractivity contribution in [3.63, 3.8) is 0 Å². The second-order valence-corrected chi connectivity index (χ2v) is 5.55. The van der Waals surface area contributed by atoms with E-state index in [1.54, 1.807) is 18.2 Å². The molecule has 0 saturated carbocycles. The molecule has 0 saturated heterocycles. The van der Waals surface area contributed by atoms with Crippen LogP contribution in [0.1, 0.15) is 18.1 Å². The summed E-state index contributed by atoms with van der Waals surface area (Å²) in [5, 5.41) is 9.15. The van der Waals surface area contributed by atoms with Gasteiger partial charge in [-0.3, -0.25) is 4.21 Å². The quantitative estimate of drug-likeness (QED) is 0.893. The molecule has 1 aromatic carbocycles. The van der Waals surface area contributed by atoms with Crippen LogP contribution in [0.5, 0.6) is 0 Å². The average molecular weight is 257 g/mol. The van der Waals surface area contributed by atoms with Crippen molar-refractivity contribution in [2.75, 3.05) is 5.75 Å². The molecule has 0 heterocycles. The highest BCUT2D eigenvalue weighted by atomic mass is 35.5. The van der Waals surface area contributed by atoms with Crippen molar-refractivity contribution in [2.45, 2.75) is 18.7 Å². The molecule has 0 fully saturated rings. The minimum atomic E-state index is -1.01. The first-order valence-electron chi connectivity index (χ1n) is 4.82. The van der Waals surface area contributed by atoms with Crippen LogP contribution in [0.3, 0.4) is 0 Å². The summed E-state index contributed by atoms with van der Waals surface area (Å²) in [5.74, 6) is 0.836. The maximum atomic E-state index is 11.6. The number of nitrogens with zero attached hydrogens (tertiary/aromatic N) is 1. The highest BCUT2D eigenvalue weighted by molar-refractivity contribution is 7.84. The molecule has 16 heavy (non-hydrogen) atoms. The fraction of sp³-hybridized carbons (Fsp3) is 0.364. The second kappa shape index (κ2) is 6.00. The molecule has 0 aliphatic carbocycles. The van der Waals surface area contributed by atoms with Gasteiger partial charge < -0.3 is 5.73 Å². The van der Waals surface area contributed by atoms with Gasteiger partial charge in [-0.2, -0.15) is 5.26 Å². The molecule has 0 spiro atoms. The Hall–Kier alpha value is -0.890. The van der Waals surface area contributed by atoms with Gasteiger partial charge in [0.25, 0.3) is 0 Å². The molecule has 2 N–H and O–H groups in total. The van der Waals surface area contributed by atoms with E-state index in [4.69, 9.17) is 22.6 Å². The van der Waals surface area contributed by atoms with E-state index < -0.39 is 10.8 Å². The van der Waals surface area contributed by atoms with Crippen LogP contribution in [0.4, 0.5) is 0 Å². The average Bonchev–Trinajstić information content (AvgIpc) is 2.19. The summed E-state index contributed by atoms with van der Waals surface area (Å²) in [6.07, 6.45) is 0. The SMILES string of the molecule is CC(N)CS(=O)Cc1ccc(C#N)cc1Cl. The maximum Gasteiger partial charge on any atom is 0.0992 e. The van der Waals surface area contributed by atoms with Gasteiger partial charge in [0, 0.05) is 27.6 Å². The van der Waals surface area contributed by atoms with Gasteiger partial charge >= 0.3 is 0 Å². The van der Waals surface area contributed by atoms with Crippen molar-refractivity contribution in [2.24, 2.45) is 5.73 Å². The largest absolute Gasteiger partial charge is 0.327 e. The van der Waals surface area contributed by atoms with E-state index in [1.165, 1.54) is 0 Å². The third-order valence-electron chi connectivity index (χ3n) is 1.95. The number of nitriles is 1. The first kappa shape index (κ1) is 13.2. The third-order valence-corrected chi connectivity index (χ3v) is 3.83. The number of nitrogens with two attached hydrogens (primary N) is 1. The van der Waals surface area contributed by atoms with Gasteiger partial charge in [0.05, 0.1) is 17.4 Å². The summed E-state index contributed by atoms with van der Waals surface area (Å²) in [6.45, 7) is 1.82. The van der Waals surface area contributed by atoms with Crippen molar-refractivity contribution >= 4 is 22.4 Å². The van der Waals surface area contributed by atoms with Crippen LogP contribution in [0.25, 0.3) is 0 Å². The molecule has 0 radical (unpaired) electrons. The topological polar surface area (TPSA) is 66.9 Å². The van der Waals surface area contributed by atoms with Gasteiger partial charge in [-0.1, -0.05) is 17.7 Å². The standard InChI is InChI=1S/C11H13ClN2OS/c1-8(14)6-16(15)7-10-3-2-9(5-13)4-11(10)12/h2-4,8H,6-7,14H2,1H3. The Kier molecular flexibility index (Phi) is 4.94. The normalized spacial score (nSPS) is 14.1. The van der Waals surface area contributed by atoms with E-state index in [1.807, 2.05) is 13.0 Å². The lowest BCUT2D eigenvalue weighted by atomic mass is 10.2. The van der Waals surface area contributed by atoms with E-state index in [0.717, 1.165) is 5.56 Å². The number of hydrogen-bond acceptors (Lipinski definition) is 3. The molecule has 86 valence electrons. The Balaban J connectivity index is 2.75. The van der Waals surface area contributed by atoms with E-state index in [9.17, 15) is 4.21 Å². The first-order chi connectivity index (χ1) is 7.52. The zero-order valence-corrected chi connectivity index (χ0v) is 10.5. The van der Waals surface area contributed by atoms with E-state index >= 15 is 0 Å². The van der Waals surface area contributed by atoms with Gasteiger partial charge in [-0.05, 0) is 24.6 Å². The smallest absolute Gasteiger partial charge is 0.0992 e. The summed E-state index contributed by atoms with van der Waals surface area (Å²) in [6, 6.07) is 6.91. The molecule has 0 aromatic heterocycles. The Morgan fingerprint density at radius 3 is 2.81 bits per heavy atom. The molecular weight excluding hydrogens is 244 g/mol. The van der Waals surface area contributed by atoms with Gasteiger partial charge in [0.2, 0.25) is 0 Å². The molecule has 0 aliphatic rings. The van der Waals surface area contributed by atoms with Crippen molar-refractivity contribution in [1.29, 1.82) is 5.26 Å². The van der Waals surface area contributed by atoms with Crippen molar-refractivity contribution in [3.05, 3.63) is 34.3 Å². The van der Waals surface area contributed by atoms with Crippen LogP contribution in [0.2, 0.25) is 5.02 Å². The predicted octanol–water partition coefficient (Wildman–Crippen LogP) is 1.81. The number of rotatable bonds is 4. The summed E-state index contributed by atoms with van der Waals surface area (Å²) >= 11 is 5.97. The Bertz CT molecular complexity index is 440. The molecule has 5 heteroatoms. The molecule has 0 bridgehead atoms. The molecular formula is C11H13ClN2OS. The van der Waals surface area contributed by atoms with Gasteiger partial charge in [-0.25, -0.2) is 0 Å². The second-order valence-electron chi connectivity index (χ2n) is 3.65. The van der Waals surface area contributed by atoms with Crippen LogP contribution in [-0.4, -0.2) is 16.0 Å². The molecule has 1 rings (SSSR count). The number of benzene rings is 1. The number of halogens is 1. The van der Waals surface area contributed by atoms with E-state index in [0.29, 0.717) is 22.1 Å². The van der Waals surface area contributed by atoms with E-state index in [2.05, 4.69) is 0 Å². The van der Waals surface area contributed by atoms with Crippen molar-refractivity contribution in [1.82, 2.24) is 0 Å². The molecule has 1 aromatic rings. The Morgan fingerprint density at radius 1 is 1.62 bits per heavy atom. The highest BCUT2D eigenvalue weighted by Gasteiger charge is 2.08. The molecule has 2 unspecified atom stereocenters. The van der Waals surface area contributed by atoms with Crippen LogP contribution < -0.4 is 5.73 Å². The maximum absolute atomic E-state index is 11.6. The zero-order valence-electron chi connectivity index (χ0n) is 8.94. The highest BCUT2D eigenvalue weighted by Crippen LogP contribution is 2.19. The van der Waals surface area contributed by atoms with E-state index in [-0.39, 0.29) is 6.04 Å². The van der Waals surface area contributed by atoms with Crippen LogP contribution in [0, 0.1) is 11.3 Å². The molecule has 3 nitrogen and oxygen atoms in total. The van der Waals surface area contributed by atoms with Gasteiger partial charge in [0.1, 0.15) is 0 Å². The van der Waals surface area contributed by atoms with Gasteiger partial charge in [0.15, 0.2) is 0 Å². The lowest BCUT2D eigenvalue weighted by Gasteiger charge is -2.07. The summed E-state index contributed by atoms with van der Waals surface area (Å²) in [7, 11) is -1.01. The fourth-order valence-corrected chi connectivity index (χ4v) is 2.89. The Morgan fingerprint density at radius 2 is 2.31 bits per heavy atom. The summed E-state index contributed by atoms with van der Waals surface area (Å²) in [5.41, 5.74) is 6.86. The lowest BCUT2D eigenvalue weighted by molar-refractivity contribution is 0.676. The predicted molar refractivity (Wildman–Crippen MR) is 66.5 cm³/mol. The fourth-order valence-electron chi connectivity index (χ4n) is 1.26. The lowest BCUT2D eigenvalue weighted by Crippen LogP contribution is -2.23. The number of hydrogen-bond donors (Lipinski definition) is 1. The zero-order chi connectivity index (χ0) is 12.1. The van der Waals surface area contributed by atoms with Crippen LogP contribution in [0.15, 0.2) is 18.2 Å². The van der Waals surface area contributed by atoms with Crippen LogP contribution >= 0.6 is 11.6 Å². The monoisotopic (exact) mass is 256 g/mol. The van der Waals surface area contributed by atoms with Crippen LogP contribution in [-0.2, 0) is 16.6 Å². The van der Waals surface area contributed by atoms with Crippen molar-refractivity contribution in [3.8, 4) is 6.07 Å². The molecule has 0 amide bonds. The first-order valence-corrected chi connectivity index (χ1v) is 6.68. The Labute approximate surface area is 103 Å². The molecule has 0 aliphatic heterocycles. The minimum Gasteiger partial charge on any atom is -0.327 e. The summed E-state index contributed by atoms with van der Waals surface area (Å²) in [4.78, 5) is 0. The van der Waals surface area contributed by atoms with Crippen molar-refractivity contribution < 1.29 is 4.21 Å². The van der Waals surface area contributed by atoms with Gasteiger partial charge in [-0.15, -0.1) is 0 Å². The molecule has 2 atom stereocenters.